The molecule has 1 atom stereocenters. The van der Waals surface area contributed by atoms with E-state index in [0.717, 1.165) is 18.2 Å². The van der Waals surface area contributed by atoms with Crippen molar-refractivity contribution in [3.63, 3.8) is 0 Å². The molecule has 1 unspecified atom stereocenters. The summed E-state index contributed by atoms with van der Waals surface area (Å²) >= 11 is -1.43. The molecule has 0 aliphatic carbocycles. The molecule has 0 aromatic heterocycles. The molecule has 2 nitrogen and oxygen atoms in total. The molecule has 1 rings (SSSR count). The lowest BCUT2D eigenvalue weighted by Gasteiger charge is -2.17. The van der Waals surface area contributed by atoms with Crippen LogP contribution in [0.4, 0.5) is 8.78 Å². The average molecular weight is 245 g/mol. The van der Waals surface area contributed by atoms with Gasteiger partial charge in [0.2, 0.25) is 0 Å². The van der Waals surface area contributed by atoms with Crippen molar-refractivity contribution in [1.82, 2.24) is 0 Å². The predicted molar refractivity (Wildman–Crippen MR) is 61.8 cm³/mol. The molecule has 88 valence electrons. The van der Waals surface area contributed by atoms with Crippen LogP contribution in [0.15, 0.2) is 22.6 Å². The summed E-state index contributed by atoms with van der Waals surface area (Å²) in [7, 11) is 0. The molecule has 0 fully saturated rings. The van der Waals surface area contributed by atoms with Gasteiger partial charge in [0.1, 0.15) is 27.7 Å². The van der Waals surface area contributed by atoms with Crippen LogP contribution in [0, 0.1) is 11.6 Å². The zero-order chi connectivity index (χ0) is 12.3. The van der Waals surface area contributed by atoms with E-state index in [1.807, 2.05) is 0 Å². The van der Waals surface area contributed by atoms with E-state index < -0.39 is 27.7 Å². The SMILES string of the molecule is CC(C)(C)[S+]([O-])N=Cc1cc(F)cc(F)c1. The Morgan fingerprint density at radius 3 is 2.12 bits per heavy atom. The van der Waals surface area contributed by atoms with Gasteiger partial charge in [0.25, 0.3) is 0 Å². The third kappa shape index (κ3) is 3.90. The molecule has 0 saturated heterocycles. The highest BCUT2D eigenvalue weighted by Crippen LogP contribution is 2.17. The largest absolute Gasteiger partial charge is 0.591 e. The summed E-state index contributed by atoms with van der Waals surface area (Å²) < 4.78 is 40.4. The first-order valence-electron chi connectivity index (χ1n) is 4.71. The number of hydrogen-bond acceptors (Lipinski definition) is 2. The van der Waals surface area contributed by atoms with Gasteiger partial charge in [-0.25, -0.2) is 8.78 Å². The van der Waals surface area contributed by atoms with Crippen LogP contribution in [0.25, 0.3) is 0 Å². The molecule has 0 N–H and O–H groups in total. The first kappa shape index (κ1) is 13.1. The van der Waals surface area contributed by atoms with E-state index in [4.69, 9.17) is 0 Å². The van der Waals surface area contributed by atoms with Gasteiger partial charge < -0.3 is 4.55 Å². The molecule has 5 heteroatoms. The number of rotatable bonds is 2. The molecular formula is C11H13F2NOS. The minimum Gasteiger partial charge on any atom is -0.591 e. The lowest BCUT2D eigenvalue weighted by Crippen LogP contribution is -2.25. The van der Waals surface area contributed by atoms with Crippen molar-refractivity contribution in [2.24, 2.45) is 4.40 Å². The fourth-order valence-electron chi connectivity index (χ4n) is 0.917. The van der Waals surface area contributed by atoms with Crippen LogP contribution in [0.1, 0.15) is 26.3 Å². The topological polar surface area (TPSA) is 35.4 Å². The van der Waals surface area contributed by atoms with Crippen LogP contribution in [0.5, 0.6) is 0 Å². The number of hydrogen-bond donors (Lipinski definition) is 0. The monoisotopic (exact) mass is 245 g/mol. The molecule has 0 amide bonds. The minimum absolute atomic E-state index is 0.259. The van der Waals surface area contributed by atoms with E-state index >= 15 is 0 Å². The summed E-state index contributed by atoms with van der Waals surface area (Å²) in [5.41, 5.74) is 0.259. The van der Waals surface area contributed by atoms with Crippen LogP contribution in [-0.4, -0.2) is 15.5 Å². The van der Waals surface area contributed by atoms with Gasteiger partial charge in [0.15, 0.2) is 0 Å². The van der Waals surface area contributed by atoms with Gasteiger partial charge in [-0.3, -0.25) is 0 Å². The quantitative estimate of drug-likeness (QED) is 0.583. The predicted octanol–water partition coefficient (Wildman–Crippen LogP) is 2.85. The van der Waals surface area contributed by atoms with Gasteiger partial charge in [-0.05, 0) is 32.9 Å². The number of halogens is 2. The summed E-state index contributed by atoms with van der Waals surface area (Å²) in [6.45, 7) is 5.31. The maximum absolute atomic E-state index is 12.8. The first-order valence-corrected chi connectivity index (χ1v) is 5.82. The van der Waals surface area contributed by atoms with Crippen LogP contribution >= 0.6 is 0 Å². The molecule has 0 radical (unpaired) electrons. The van der Waals surface area contributed by atoms with E-state index in [1.54, 1.807) is 20.8 Å². The second-order valence-corrected chi connectivity index (χ2v) is 6.23. The standard InChI is InChI=1S/C11H13F2NOS/c1-11(2,3)16(15)14-7-8-4-9(12)6-10(13)5-8/h4-7H,1-3H3. The molecule has 16 heavy (non-hydrogen) atoms. The Labute approximate surface area is 96.7 Å². The Balaban J connectivity index is 2.84. The summed E-state index contributed by atoms with van der Waals surface area (Å²) in [6, 6.07) is 3.04. The first-order chi connectivity index (χ1) is 7.29. The van der Waals surface area contributed by atoms with Crippen LogP contribution < -0.4 is 0 Å². The average Bonchev–Trinajstić information content (AvgIpc) is 2.11. The van der Waals surface area contributed by atoms with Gasteiger partial charge in [-0.2, -0.15) is 0 Å². The molecule has 1 aromatic carbocycles. The highest BCUT2D eigenvalue weighted by Gasteiger charge is 2.25. The second-order valence-electron chi connectivity index (χ2n) is 4.30. The Morgan fingerprint density at radius 2 is 1.69 bits per heavy atom. The number of nitrogens with zero attached hydrogens (tertiary/aromatic N) is 1. The fourth-order valence-corrected chi connectivity index (χ4v) is 1.45. The minimum atomic E-state index is -1.43. The van der Waals surface area contributed by atoms with Crippen molar-refractivity contribution in [3.05, 3.63) is 35.4 Å². The summed E-state index contributed by atoms with van der Waals surface area (Å²) in [6.07, 6.45) is 1.22. The summed E-state index contributed by atoms with van der Waals surface area (Å²) in [5, 5.41) is 0. The van der Waals surface area contributed by atoms with E-state index in [-0.39, 0.29) is 5.56 Å². The van der Waals surface area contributed by atoms with Crippen molar-refractivity contribution in [1.29, 1.82) is 0 Å². The van der Waals surface area contributed by atoms with Gasteiger partial charge in [-0.15, -0.1) is 0 Å². The molecule has 0 spiro atoms. The van der Waals surface area contributed by atoms with Crippen molar-refractivity contribution < 1.29 is 13.3 Å². The summed E-state index contributed by atoms with van der Waals surface area (Å²) in [5.74, 6) is -1.36. The molecule has 0 bridgehead atoms. The molecule has 1 aromatic rings. The zero-order valence-electron chi connectivity index (χ0n) is 9.33. The van der Waals surface area contributed by atoms with Crippen molar-refractivity contribution in [3.8, 4) is 0 Å². The van der Waals surface area contributed by atoms with Crippen LogP contribution in [0.2, 0.25) is 0 Å². The van der Waals surface area contributed by atoms with E-state index in [2.05, 4.69) is 4.40 Å². The lowest BCUT2D eigenvalue weighted by molar-refractivity contribution is 0.561. The zero-order valence-corrected chi connectivity index (χ0v) is 10.1. The van der Waals surface area contributed by atoms with Crippen LogP contribution in [-0.2, 0) is 11.4 Å². The van der Waals surface area contributed by atoms with Crippen molar-refractivity contribution in [2.45, 2.75) is 25.5 Å². The molecule has 0 aliphatic heterocycles. The molecule has 0 heterocycles. The fraction of sp³-hybridized carbons (Fsp3) is 0.364. The highest BCUT2D eigenvalue weighted by molar-refractivity contribution is 7.91. The normalized spacial score (nSPS) is 14.4. The van der Waals surface area contributed by atoms with E-state index in [1.165, 1.54) is 6.21 Å². The molecule has 0 aliphatic rings. The Bertz CT molecular complexity index is 381. The highest BCUT2D eigenvalue weighted by atomic mass is 32.2. The second kappa shape index (κ2) is 4.93. The molecule has 0 saturated carbocycles. The van der Waals surface area contributed by atoms with Gasteiger partial charge in [-0.1, -0.05) is 4.40 Å². The summed E-state index contributed by atoms with van der Waals surface area (Å²) in [4.78, 5) is 0. The lowest BCUT2D eigenvalue weighted by atomic mass is 10.2. The Morgan fingerprint density at radius 1 is 1.19 bits per heavy atom. The maximum Gasteiger partial charge on any atom is 0.144 e. The van der Waals surface area contributed by atoms with Gasteiger partial charge in [0.05, 0.1) is 6.21 Å². The third-order valence-corrected chi connectivity index (χ3v) is 3.05. The Hall–Kier alpha value is -0.940. The van der Waals surface area contributed by atoms with Gasteiger partial charge in [0, 0.05) is 11.6 Å². The van der Waals surface area contributed by atoms with Gasteiger partial charge >= 0.3 is 0 Å². The number of benzene rings is 1. The van der Waals surface area contributed by atoms with E-state index in [9.17, 15) is 13.3 Å². The Kier molecular flexibility index (Phi) is 4.04. The van der Waals surface area contributed by atoms with Crippen molar-refractivity contribution >= 4 is 17.6 Å². The van der Waals surface area contributed by atoms with Crippen molar-refractivity contribution in [2.75, 3.05) is 0 Å². The van der Waals surface area contributed by atoms with E-state index in [0.29, 0.717) is 0 Å². The smallest absolute Gasteiger partial charge is 0.144 e. The maximum atomic E-state index is 12.8. The molecular weight excluding hydrogens is 232 g/mol. The third-order valence-electron chi connectivity index (χ3n) is 1.71. The van der Waals surface area contributed by atoms with Crippen LogP contribution in [0.3, 0.4) is 0 Å².